The largest absolute Gasteiger partial charge is 0.490 e. The number of aromatic nitrogens is 1. The smallest absolute Gasteiger partial charge is 0.228 e. The highest BCUT2D eigenvalue weighted by Gasteiger charge is 2.42. The topological polar surface area (TPSA) is 85.1 Å². The second kappa shape index (κ2) is 11.1. The van der Waals surface area contributed by atoms with Gasteiger partial charge >= 0.3 is 0 Å². The van der Waals surface area contributed by atoms with Gasteiger partial charge in [-0.3, -0.25) is 9.59 Å². The molecule has 5 rings (SSSR count). The number of ether oxygens (including phenoxy) is 2. The average Bonchev–Trinajstić information content (AvgIpc) is 3.32. The number of morpholine rings is 1. The Hall–Kier alpha value is -3.10. The summed E-state index contributed by atoms with van der Waals surface area (Å²) in [5, 5.41) is 5.61. The number of piperidine rings is 1. The SMILES string of the molecule is Cc1cc(OCC2(CC(=O)N3CCCCC3)CN(C(=O)Cc3noc4ccccc34)CCO2)ccc1Cl. The standard InChI is InChI=1S/C28H32ClN3O5/c1-20-15-21(9-10-23(20)29)35-19-28(17-27(34)31-11-5-2-6-12-31)18-32(13-14-36-28)26(33)16-24-22-7-3-4-8-25(22)37-30-24/h3-4,7-10,15H,2,5-6,11-14,16-19H2,1H3. The summed E-state index contributed by atoms with van der Waals surface area (Å²) >= 11 is 6.17. The van der Waals surface area contributed by atoms with E-state index in [2.05, 4.69) is 5.16 Å². The number of carbonyl (C=O) groups is 2. The van der Waals surface area contributed by atoms with Gasteiger partial charge in [0.25, 0.3) is 0 Å². The van der Waals surface area contributed by atoms with E-state index >= 15 is 0 Å². The Kier molecular flexibility index (Phi) is 7.67. The molecule has 2 amide bonds. The highest BCUT2D eigenvalue weighted by atomic mass is 35.5. The predicted molar refractivity (Wildman–Crippen MR) is 140 cm³/mol. The molecule has 0 aliphatic carbocycles. The molecule has 0 N–H and O–H groups in total. The van der Waals surface area contributed by atoms with Gasteiger partial charge < -0.3 is 23.8 Å². The maximum atomic E-state index is 13.4. The highest BCUT2D eigenvalue weighted by Crippen LogP contribution is 2.28. The van der Waals surface area contributed by atoms with Crippen molar-refractivity contribution in [1.82, 2.24) is 15.0 Å². The Labute approximate surface area is 221 Å². The summed E-state index contributed by atoms with van der Waals surface area (Å²) in [4.78, 5) is 30.3. The van der Waals surface area contributed by atoms with E-state index in [4.69, 9.17) is 25.6 Å². The van der Waals surface area contributed by atoms with E-state index in [1.807, 2.05) is 42.2 Å². The quantitative estimate of drug-likeness (QED) is 0.454. The number of hydrogen-bond donors (Lipinski definition) is 0. The van der Waals surface area contributed by atoms with Crippen molar-refractivity contribution in [3.8, 4) is 5.75 Å². The summed E-state index contributed by atoms with van der Waals surface area (Å²) in [7, 11) is 0. The third-order valence-electron chi connectivity index (χ3n) is 7.19. The number of likely N-dealkylation sites (tertiary alicyclic amines) is 1. The zero-order valence-corrected chi connectivity index (χ0v) is 21.8. The van der Waals surface area contributed by atoms with Crippen molar-refractivity contribution in [3.05, 3.63) is 58.7 Å². The first-order chi connectivity index (χ1) is 17.9. The molecule has 2 fully saturated rings. The van der Waals surface area contributed by atoms with Gasteiger partial charge in [0.2, 0.25) is 11.8 Å². The lowest BCUT2D eigenvalue weighted by Gasteiger charge is -2.43. The number of aryl methyl sites for hydroxylation is 1. The van der Waals surface area contributed by atoms with Crippen molar-refractivity contribution in [3.63, 3.8) is 0 Å². The van der Waals surface area contributed by atoms with Crippen LogP contribution in [0.1, 0.15) is 36.9 Å². The third kappa shape index (κ3) is 5.91. The summed E-state index contributed by atoms with van der Waals surface area (Å²) in [5.74, 6) is 0.597. The van der Waals surface area contributed by atoms with Crippen LogP contribution >= 0.6 is 11.6 Å². The van der Waals surface area contributed by atoms with E-state index in [-0.39, 0.29) is 37.8 Å². The van der Waals surface area contributed by atoms with E-state index in [0.717, 1.165) is 43.3 Å². The van der Waals surface area contributed by atoms with Crippen molar-refractivity contribution in [2.45, 2.75) is 44.6 Å². The Bertz CT molecular complexity index is 1270. The normalized spacial score (nSPS) is 20.3. The molecule has 0 saturated carbocycles. The van der Waals surface area contributed by atoms with Gasteiger partial charge in [-0.2, -0.15) is 0 Å². The first-order valence-corrected chi connectivity index (χ1v) is 13.2. The van der Waals surface area contributed by atoms with Gasteiger partial charge in [-0.05, 0) is 62.1 Å². The second-order valence-electron chi connectivity index (χ2n) is 9.97. The number of fused-ring (bicyclic) bond motifs is 1. The number of para-hydroxylation sites is 1. The van der Waals surface area contributed by atoms with Gasteiger partial charge in [0, 0.05) is 30.0 Å². The number of halogens is 1. The summed E-state index contributed by atoms with van der Waals surface area (Å²) in [6, 6.07) is 13.0. The molecule has 1 unspecified atom stereocenters. The summed E-state index contributed by atoms with van der Waals surface area (Å²) in [6.07, 6.45) is 3.43. The molecule has 1 aromatic heterocycles. The molecule has 37 heavy (non-hydrogen) atoms. The summed E-state index contributed by atoms with van der Waals surface area (Å²) < 4.78 is 17.8. The van der Waals surface area contributed by atoms with Crippen molar-refractivity contribution in [1.29, 1.82) is 0 Å². The first-order valence-electron chi connectivity index (χ1n) is 12.8. The molecule has 9 heteroatoms. The summed E-state index contributed by atoms with van der Waals surface area (Å²) in [5.41, 5.74) is 1.20. The van der Waals surface area contributed by atoms with Gasteiger partial charge in [0.05, 0.1) is 26.0 Å². The maximum absolute atomic E-state index is 13.4. The highest BCUT2D eigenvalue weighted by molar-refractivity contribution is 6.31. The molecule has 8 nitrogen and oxygen atoms in total. The fourth-order valence-electron chi connectivity index (χ4n) is 5.08. The molecule has 196 valence electrons. The van der Waals surface area contributed by atoms with Crippen LogP contribution in [-0.4, -0.2) is 71.8 Å². The summed E-state index contributed by atoms with van der Waals surface area (Å²) in [6.45, 7) is 4.59. The zero-order valence-electron chi connectivity index (χ0n) is 21.1. The molecular formula is C28H32ClN3O5. The van der Waals surface area contributed by atoms with E-state index in [0.29, 0.717) is 35.2 Å². The zero-order chi connectivity index (χ0) is 25.8. The Morgan fingerprint density at radius 2 is 1.86 bits per heavy atom. The number of benzene rings is 2. The lowest BCUT2D eigenvalue weighted by molar-refractivity contribution is -0.166. The molecule has 2 aromatic carbocycles. The Balaban J connectivity index is 1.33. The molecule has 2 aliphatic rings. The van der Waals surface area contributed by atoms with Crippen LogP contribution in [-0.2, 0) is 20.7 Å². The van der Waals surface area contributed by atoms with Gasteiger partial charge in [-0.15, -0.1) is 0 Å². The molecule has 0 spiro atoms. The van der Waals surface area contributed by atoms with Gasteiger partial charge in [-0.25, -0.2) is 0 Å². The van der Waals surface area contributed by atoms with Crippen LogP contribution in [0.4, 0.5) is 0 Å². The Morgan fingerprint density at radius 1 is 1.05 bits per heavy atom. The van der Waals surface area contributed by atoms with Gasteiger partial charge in [0.1, 0.15) is 23.7 Å². The van der Waals surface area contributed by atoms with Crippen LogP contribution in [0.25, 0.3) is 11.0 Å². The maximum Gasteiger partial charge on any atom is 0.228 e. The molecule has 3 heterocycles. The molecule has 0 radical (unpaired) electrons. The van der Waals surface area contributed by atoms with Crippen LogP contribution in [0.5, 0.6) is 5.75 Å². The minimum atomic E-state index is -0.956. The molecule has 1 atom stereocenters. The van der Waals surface area contributed by atoms with E-state index in [1.165, 1.54) is 0 Å². The lowest BCUT2D eigenvalue weighted by Crippen LogP contribution is -2.58. The molecule has 2 saturated heterocycles. The van der Waals surface area contributed by atoms with Crippen LogP contribution in [0, 0.1) is 6.92 Å². The predicted octanol–water partition coefficient (Wildman–Crippen LogP) is 4.41. The fourth-order valence-corrected chi connectivity index (χ4v) is 5.19. The second-order valence-corrected chi connectivity index (χ2v) is 10.4. The number of rotatable bonds is 7. The molecule has 2 aliphatic heterocycles. The van der Waals surface area contributed by atoms with Crippen LogP contribution in [0.2, 0.25) is 5.02 Å². The number of nitrogens with zero attached hydrogens (tertiary/aromatic N) is 3. The van der Waals surface area contributed by atoms with Crippen molar-refractivity contribution in [2.75, 3.05) is 39.4 Å². The lowest BCUT2D eigenvalue weighted by atomic mass is 9.95. The molecular weight excluding hydrogens is 494 g/mol. The van der Waals surface area contributed by atoms with Crippen molar-refractivity contribution < 1.29 is 23.6 Å². The van der Waals surface area contributed by atoms with Gasteiger partial charge in [0.15, 0.2) is 5.58 Å². The van der Waals surface area contributed by atoms with Crippen molar-refractivity contribution >= 4 is 34.4 Å². The average molecular weight is 526 g/mol. The number of carbonyl (C=O) groups excluding carboxylic acids is 2. The van der Waals surface area contributed by atoms with E-state index in [1.54, 1.807) is 17.0 Å². The van der Waals surface area contributed by atoms with E-state index < -0.39 is 5.60 Å². The first kappa shape index (κ1) is 25.5. The minimum Gasteiger partial charge on any atom is -0.490 e. The molecule has 0 bridgehead atoms. The van der Waals surface area contributed by atoms with Crippen molar-refractivity contribution in [2.24, 2.45) is 0 Å². The van der Waals surface area contributed by atoms with Crippen LogP contribution in [0.15, 0.2) is 47.0 Å². The Morgan fingerprint density at radius 3 is 2.68 bits per heavy atom. The van der Waals surface area contributed by atoms with E-state index in [9.17, 15) is 9.59 Å². The fraction of sp³-hybridized carbons (Fsp3) is 0.464. The van der Waals surface area contributed by atoms with Crippen LogP contribution < -0.4 is 4.74 Å². The van der Waals surface area contributed by atoms with Crippen LogP contribution in [0.3, 0.4) is 0 Å². The van der Waals surface area contributed by atoms with Gasteiger partial charge in [-0.1, -0.05) is 28.9 Å². The monoisotopic (exact) mass is 525 g/mol. The third-order valence-corrected chi connectivity index (χ3v) is 7.61. The minimum absolute atomic E-state index is 0.0346. The molecule has 3 aromatic rings. The number of amides is 2. The number of hydrogen-bond acceptors (Lipinski definition) is 6.